The van der Waals surface area contributed by atoms with E-state index < -0.39 is 12.0 Å². The van der Waals surface area contributed by atoms with E-state index in [1.54, 1.807) is 20.1 Å². The molecule has 2 atom stereocenters. The van der Waals surface area contributed by atoms with Crippen LogP contribution in [0.2, 0.25) is 0 Å². The molecule has 2 saturated carbocycles. The number of carbonyl (C=O) groups is 2. The Morgan fingerprint density at radius 1 is 1.33 bits per heavy atom. The number of hydrogen-bond acceptors (Lipinski definition) is 5. The molecule has 1 N–H and O–H groups in total. The number of amides is 1. The zero-order chi connectivity index (χ0) is 17.1. The van der Waals surface area contributed by atoms with E-state index in [9.17, 15) is 9.59 Å². The first kappa shape index (κ1) is 17.0. The Balaban J connectivity index is 1.68. The smallest absolute Gasteiger partial charge is 0.328 e. The number of carbonyl (C=O) groups excluding carboxylic acids is 2. The van der Waals surface area contributed by atoms with Crippen molar-refractivity contribution in [3.05, 3.63) is 23.7 Å². The standard InChI is InChI=1S/C18H25NO5/c1-3-23-18(21)14(10-15(22-2)11-4-5-11)19-17(20)13-8-9-24-16(13)12-6-7-12/h8-9,11-12,14-15H,3-7,10H2,1-2H3,(H,19,20). The lowest BCUT2D eigenvalue weighted by Gasteiger charge is -2.22. The molecule has 1 aromatic rings. The number of rotatable bonds is 9. The monoisotopic (exact) mass is 335 g/mol. The molecule has 0 bridgehead atoms. The predicted molar refractivity (Wildman–Crippen MR) is 86.7 cm³/mol. The number of ether oxygens (including phenoxy) is 2. The Kier molecular flexibility index (Phi) is 5.23. The summed E-state index contributed by atoms with van der Waals surface area (Å²) in [6, 6.07) is 0.963. The molecule has 2 aliphatic rings. The summed E-state index contributed by atoms with van der Waals surface area (Å²) in [5.41, 5.74) is 0.521. The van der Waals surface area contributed by atoms with Crippen LogP contribution in [0.15, 0.2) is 16.7 Å². The molecule has 0 radical (unpaired) electrons. The first-order valence-electron chi connectivity index (χ1n) is 8.71. The number of methoxy groups -OCH3 is 1. The van der Waals surface area contributed by atoms with Gasteiger partial charge in [0, 0.05) is 19.4 Å². The zero-order valence-corrected chi connectivity index (χ0v) is 14.2. The third-order valence-electron chi connectivity index (χ3n) is 4.68. The van der Waals surface area contributed by atoms with Crippen molar-refractivity contribution < 1.29 is 23.5 Å². The van der Waals surface area contributed by atoms with Gasteiger partial charge in [0.25, 0.3) is 5.91 Å². The molecule has 2 aliphatic carbocycles. The molecule has 1 amide bonds. The third kappa shape index (κ3) is 3.98. The van der Waals surface area contributed by atoms with Crippen molar-refractivity contribution >= 4 is 11.9 Å². The number of nitrogens with one attached hydrogen (secondary N) is 1. The summed E-state index contributed by atoms with van der Waals surface area (Å²) in [4.78, 5) is 24.9. The van der Waals surface area contributed by atoms with Gasteiger partial charge in [-0.15, -0.1) is 0 Å². The van der Waals surface area contributed by atoms with Crippen molar-refractivity contribution in [2.24, 2.45) is 5.92 Å². The van der Waals surface area contributed by atoms with Gasteiger partial charge in [-0.1, -0.05) is 0 Å². The molecule has 6 heteroatoms. The van der Waals surface area contributed by atoms with Crippen LogP contribution in [0.4, 0.5) is 0 Å². The molecule has 2 fully saturated rings. The van der Waals surface area contributed by atoms with Gasteiger partial charge in [0.1, 0.15) is 11.8 Å². The Bertz CT molecular complexity index is 588. The molecule has 1 aromatic heterocycles. The van der Waals surface area contributed by atoms with Crippen molar-refractivity contribution in [2.75, 3.05) is 13.7 Å². The Morgan fingerprint density at radius 3 is 2.67 bits per heavy atom. The molecule has 6 nitrogen and oxygen atoms in total. The molecule has 0 aliphatic heterocycles. The lowest BCUT2D eigenvalue weighted by atomic mass is 10.0. The van der Waals surface area contributed by atoms with E-state index in [4.69, 9.17) is 13.9 Å². The highest BCUT2D eigenvalue weighted by molar-refractivity contribution is 5.97. The second kappa shape index (κ2) is 7.38. The number of esters is 1. The van der Waals surface area contributed by atoms with Crippen molar-refractivity contribution in [3.8, 4) is 0 Å². The fourth-order valence-electron chi connectivity index (χ4n) is 3.04. The second-order valence-corrected chi connectivity index (χ2v) is 6.60. The van der Waals surface area contributed by atoms with Crippen LogP contribution in [0.1, 0.15) is 61.1 Å². The Hall–Kier alpha value is -1.82. The van der Waals surface area contributed by atoms with E-state index in [1.165, 1.54) is 6.26 Å². The fraction of sp³-hybridized carbons (Fsp3) is 0.667. The molecule has 0 saturated heterocycles. The van der Waals surface area contributed by atoms with Gasteiger partial charge in [-0.3, -0.25) is 4.79 Å². The summed E-state index contributed by atoms with van der Waals surface area (Å²) < 4.78 is 16.1. The summed E-state index contributed by atoms with van der Waals surface area (Å²) in [6.07, 6.45) is 6.23. The first-order chi connectivity index (χ1) is 11.6. The minimum absolute atomic E-state index is 0.0352. The van der Waals surface area contributed by atoms with Crippen LogP contribution in [0, 0.1) is 5.92 Å². The highest BCUT2D eigenvalue weighted by Gasteiger charge is 2.37. The summed E-state index contributed by atoms with van der Waals surface area (Å²) in [6.45, 7) is 2.04. The lowest BCUT2D eigenvalue weighted by molar-refractivity contribution is -0.146. The highest BCUT2D eigenvalue weighted by atomic mass is 16.5. The van der Waals surface area contributed by atoms with E-state index in [2.05, 4.69) is 5.32 Å². The van der Waals surface area contributed by atoms with Crippen molar-refractivity contribution in [2.45, 2.75) is 57.1 Å². The van der Waals surface area contributed by atoms with E-state index in [-0.39, 0.29) is 18.6 Å². The summed E-state index contributed by atoms with van der Waals surface area (Å²) in [5.74, 6) is 0.833. The van der Waals surface area contributed by atoms with Gasteiger partial charge in [-0.25, -0.2) is 4.79 Å². The van der Waals surface area contributed by atoms with Gasteiger partial charge in [0.05, 0.1) is 24.5 Å². The molecule has 0 aromatic carbocycles. The Labute approximate surface area is 141 Å². The van der Waals surface area contributed by atoms with Crippen LogP contribution in [0.5, 0.6) is 0 Å². The van der Waals surface area contributed by atoms with Crippen LogP contribution < -0.4 is 5.32 Å². The van der Waals surface area contributed by atoms with Crippen LogP contribution in [-0.4, -0.2) is 37.7 Å². The zero-order valence-electron chi connectivity index (χ0n) is 14.2. The molecule has 132 valence electrons. The first-order valence-corrected chi connectivity index (χ1v) is 8.71. The van der Waals surface area contributed by atoms with E-state index in [0.717, 1.165) is 31.4 Å². The lowest BCUT2D eigenvalue weighted by Crippen LogP contribution is -2.44. The molecule has 24 heavy (non-hydrogen) atoms. The molecule has 1 heterocycles. The van der Waals surface area contributed by atoms with Gasteiger partial charge >= 0.3 is 5.97 Å². The van der Waals surface area contributed by atoms with Gasteiger partial charge in [-0.2, -0.15) is 0 Å². The second-order valence-electron chi connectivity index (χ2n) is 6.60. The summed E-state index contributed by atoms with van der Waals surface area (Å²) in [5, 5.41) is 2.82. The minimum Gasteiger partial charge on any atom is -0.468 e. The van der Waals surface area contributed by atoms with Gasteiger partial charge in [0.15, 0.2) is 0 Å². The van der Waals surface area contributed by atoms with Crippen LogP contribution in [-0.2, 0) is 14.3 Å². The summed E-state index contributed by atoms with van der Waals surface area (Å²) in [7, 11) is 1.65. The number of furan rings is 1. The molecule has 2 unspecified atom stereocenters. The quantitative estimate of drug-likeness (QED) is 0.702. The fourth-order valence-corrected chi connectivity index (χ4v) is 3.04. The van der Waals surface area contributed by atoms with E-state index >= 15 is 0 Å². The normalized spacial score (nSPS) is 19.6. The van der Waals surface area contributed by atoms with Crippen LogP contribution >= 0.6 is 0 Å². The average molecular weight is 335 g/mol. The average Bonchev–Trinajstić information content (AvgIpc) is 3.50. The third-order valence-corrected chi connectivity index (χ3v) is 4.68. The maximum Gasteiger partial charge on any atom is 0.328 e. The van der Waals surface area contributed by atoms with Crippen molar-refractivity contribution in [1.29, 1.82) is 0 Å². The van der Waals surface area contributed by atoms with Gasteiger partial charge < -0.3 is 19.2 Å². The predicted octanol–water partition coefficient (Wildman–Crippen LogP) is 2.63. The number of hydrogen-bond donors (Lipinski definition) is 1. The van der Waals surface area contributed by atoms with Crippen LogP contribution in [0.25, 0.3) is 0 Å². The van der Waals surface area contributed by atoms with E-state index in [0.29, 0.717) is 23.8 Å². The SMILES string of the molecule is CCOC(=O)C(CC(OC)C1CC1)NC(=O)c1ccoc1C1CC1. The highest BCUT2D eigenvalue weighted by Crippen LogP contribution is 2.42. The minimum atomic E-state index is -0.704. The molecule has 3 rings (SSSR count). The maximum absolute atomic E-state index is 12.6. The maximum atomic E-state index is 12.6. The summed E-state index contributed by atoms with van der Waals surface area (Å²) >= 11 is 0. The largest absolute Gasteiger partial charge is 0.468 e. The topological polar surface area (TPSA) is 77.8 Å². The molecular weight excluding hydrogens is 310 g/mol. The van der Waals surface area contributed by atoms with Gasteiger partial charge in [0.2, 0.25) is 0 Å². The molecule has 0 spiro atoms. The van der Waals surface area contributed by atoms with Gasteiger partial charge in [-0.05, 0) is 44.6 Å². The van der Waals surface area contributed by atoms with E-state index in [1.807, 2.05) is 0 Å². The Morgan fingerprint density at radius 2 is 2.08 bits per heavy atom. The van der Waals surface area contributed by atoms with Crippen LogP contribution in [0.3, 0.4) is 0 Å². The molecular formula is C18H25NO5. The van der Waals surface area contributed by atoms with Crippen molar-refractivity contribution in [1.82, 2.24) is 5.32 Å². The van der Waals surface area contributed by atoms with Crippen molar-refractivity contribution in [3.63, 3.8) is 0 Å².